The first-order valence-electron chi connectivity index (χ1n) is 4.19. The summed E-state index contributed by atoms with van der Waals surface area (Å²) in [6.07, 6.45) is 1.04. The highest BCUT2D eigenvalue weighted by Crippen LogP contribution is 2.26. The number of nitro groups is 1. The zero-order chi connectivity index (χ0) is 11.8. The molecule has 1 aromatic carbocycles. The van der Waals surface area contributed by atoms with Crippen LogP contribution in [-0.4, -0.2) is 19.6 Å². The molecule has 82 valence electrons. The zero-order valence-electron chi connectivity index (χ0n) is 8.64. The average Bonchev–Trinajstić information content (AvgIpc) is 2.06. The molecule has 0 N–H and O–H groups in total. The number of nitro benzene ring substituents is 1. The van der Waals surface area contributed by atoms with Gasteiger partial charge in [0.25, 0.3) is 5.69 Å². The zero-order valence-corrected chi connectivity index (χ0v) is 9.46. The fourth-order valence-corrected chi connectivity index (χ4v) is 2.44. The molecule has 0 spiro atoms. The molecule has 1 aromatic rings. The summed E-state index contributed by atoms with van der Waals surface area (Å²) >= 11 is 0. The molecule has 0 aliphatic rings. The summed E-state index contributed by atoms with van der Waals surface area (Å²) in [7, 11) is -3.42. The maximum Gasteiger partial charge on any atom is 0.273 e. The van der Waals surface area contributed by atoms with Crippen LogP contribution in [0.3, 0.4) is 0 Å². The van der Waals surface area contributed by atoms with Gasteiger partial charge >= 0.3 is 0 Å². The molecule has 15 heavy (non-hydrogen) atoms. The van der Waals surface area contributed by atoms with Crippen molar-refractivity contribution in [2.24, 2.45) is 0 Å². The summed E-state index contributed by atoms with van der Waals surface area (Å²) in [5.41, 5.74) is 0.594. The minimum Gasteiger partial charge on any atom is -0.258 e. The van der Waals surface area contributed by atoms with Crippen LogP contribution >= 0.6 is 0 Å². The number of aryl methyl sites for hydroxylation is 1. The van der Waals surface area contributed by atoms with E-state index in [4.69, 9.17) is 0 Å². The van der Waals surface area contributed by atoms with E-state index in [1.54, 1.807) is 6.92 Å². The van der Waals surface area contributed by atoms with Crippen molar-refractivity contribution in [2.45, 2.75) is 18.7 Å². The van der Waals surface area contributed by atoms with E-state index in [9.17, 15) is 18.5 Å². The first-order valence-corrected chi connectivity index (χ1v) is 6.08. The Morgan fingerprint density at radius 3 is 2.20 bits per heavy atom. The van der Waals surface area contributed by atoms with Crippen LogP contribution in [0.5, 0.6) is 0 Å². The van der Waals surface area contributed by atoms with Crippen LogP contribution in [0.15, 0.2) is 17.0 Å². The summed E-state index contributed by atoms with van der Waals surface area (Å²) in [6.45, 7) is 3.06. The molecule has 0 unspecified atom stereocenters. The highest BCUT2D eigenvalue weighted by atomic mass is 32.2. The smallest absolute Gasteiger partial charge is 0.258 e. The van der Waals surface area contributed by atoms with Gasteiger partial charge in [0.1, 0.15) is 0 Å². The standard InChI is InChI=1S/C9H11NO4S/c1-6-4-8(10(11)12)7(2)9(5-6)15(3,13)14/h4-5H,1-3H3. The fraction of sp³-hybridized carbons (Fsp3) is 0.333. The highest BCUT2D eigenvalue weighted by Gasteiger charge is 2.20. The topological polar surface area (TPSA) is 77.3 Å². The second kappa shape index (κ2) is 3.62. The molecule has 0 saturated carbocycles. The molecule has 0 amide bonds. The summed E-state index contributed by atoms with van der Waals surface area (Å²) in [5.74, 6) is 0. The monoisotopic (exact) mass is 229 g/mol. The van der Waals surface area contributed by atoms with Crippen LogP contribution < -0.4 is 0 Å². The van der Waals surface area contributed by atoms with Crippen molar-refractivity contribution in [3.8, 4) is 0 Å². The summed E-state index contributed by atoms with van der Waals surface area (Å²) in [4.78, 5) is 10.1. The number of hydrogen-bond donors (Lipinski definition) is 0. The van der Waals surface area contributed by atoms with Gasteiger partial charge in [-0.1, -0.05) is 0 Å². The Balaban J connectivity index is 3.63. The Morgan fingerprint density at radius 1 is 1.27 bits per heavy atom. The van der Waals surface area contributed by atoms with Crippen molar-refractivity contribution >= 4 is 15.5 Å². The third-order valence-electron chi connectivity index (χ3n) is 2.07. The van der Waals surface area contributed by atoms with Gasteiger partial charge in [-0.3, -0.25) is 10.1 Å². The van der Waals surface area contributed by atoms with Gasteiger partial charge in [-0.15, -0.1) is 0 Å². The quantitative estimate of drug-likeness (QED) is 0.570. The molecule has 0 aromatic heterocycles. The van der Waals surface area contributed by atoms with Crippen LogP contribution in [0, 0.1) is 24.0 Å². The molecule has 6 heteroatoms. The lowest BCUT2D eigenvalue weighted by Crippen LogP contribution is -2.03. The van der Waals surface area contributed by atoms with E-state index in [-0.39, 0.29) is 16.1 Å². The number of benzene rings is 1. The van der Waals surface area contributed by atoms with Gasteiger partial charge < -0.3 is 0 Å². The number of hydrogen-bond acceptors (Lipinski definition) is 4. The van der Waals surface area contributed by atoms with Crippen LogP contribution in [0.4, 0.5) is 5.69 Å². The number of rotatable bonds is 2. The van der Waals surface area contributed by atoms with E-state index in [1.165, 1.54) is 19.1 Å². The van der Waals surface area contributed by atoms with E-state index in [0.29, 0.717) is 5.56 Å². The molecular weight excluding hydrogens is 218 g/mol. The van der Waals surface area contributed by atoms with E-state index < -0.39 is 14.8 Å². The molecule has 0 fully saturated rings. The minimum atomic E-state index is -3.42. The maximum absolute atomic E-state index is 11.4. The van der Waals surface area contributed by atoms with E-state index >= 15 is 0 Å². The summed E-state index contributed by atoms with van der Waals surface area (Å²) < 4.78 is 22.7. The van der Waals surface area contributed by atoms with Crippen molar-refractivity contribution in [1.29, 1.82) is 0 Å². The molecule has 1 rings (SSSR count). The molecule has 0 aliphatic heterocycles. The van der Waals surface area contributed by atoms with E-state index in [1.807, 2.05) is 0 Å². The molecule has 0 atom stereocenters. The normalized spacial score (nSPS) is 11.4. The van der Waals surface area contributed by atoms with Gasteiger partial charge in [-0.2, -0.15) is 0 Å². The lowest BCUT2D eigenvalue weighted by Gasteiger charge is -2.05. The van der Waals surface area contributed by atoms with E-state index in [2.05, 4.69) is 0 Å². The van der Waals surface area contributed by atoms with E-state index in [0.717, 1.165) is 6.26 Å². The average molecular weight is 229 g/mol. The lowest BCUT2D eigenvalue weighted by atomic mass is 10.1. The van der Waals surface area contributed by atoms with Gasteiger partial charge in [0.2, 0.25) is 0 Å². The van der Waals surface area contributed by atoms with Crippen molar-refractivity contribution in [1.82, 2.24) is 0 Å². The predicted octanol–water partition coefficient (Wildman–Crippen LogP) is 1.62. The molecule has 0 radical (unpaired) electrons. The van der Waals surface area contributed by atoms with Crippen molar-refractivity contribution < 1.29 is 13.3 Å². The van der Waals surface area contributed by atoms with Crippen LogP contribution in [-0.2, 0) is 9.84 Å². The van der Waals surface area contributed by atoms with Crippen molar-refractivity contribution in [2.75, 3.05) is 6.26 Å². The molecule has 5 nitrogen and oxygen atoms in total. The molecular formula is C9H11NO4S. The highest BCUT2D eigenvalue weighted by molar-refractivity contribution is 7.90. The molecule has 0 saturated heterocycles. The third kappa shape index (κ3) is 2.33. The van der Waals surface area contributed by atoms with Gasteiger partial charge in [0.05, 0.1) is 9.82 Å². The fourth-order valence-electron chi connectivity index (χ4n) is 1.38. The molecule has 0 heterocycles. The lowest BCUT2D eigenvalue weighted by molar-refractivity contribution is -0.385. The van der Waals surface area contributed by atoms with Crippen LogP contribution in [0.25, 0.3) is 0 Å². The maximum atomic E-state index is 11.4. The Kier molecular flexibility index (Phi) is 2.81. The number of nitrogens with zero attached hydrogens (tertiary/aromatic N) is 1. The third-order valence-corrected chi connectivity index (χ3v) is 3.30. The minimum absolute atomic E-state index is 0.0224. The first-order chi connectivity index (χ1) is 6.73. The first kappa shape index (κ1) is 11.6. The Morgan fingerprint density at radius 2 is 1.80 bits per heavy atom. The van der Waals surface area contributed by atoms with Crippen LogP contribution in [0.2, 0.25) is 0 Å². The SMILES string of the molecule is Cc1cc([N+](=O)[O-])c(C)c(S(C)(=O)=O)c1. The Labute approximate surface area is 87.8 Å². The largest absolute Gasteiger partial charge is 0.273 e. The molecule has 0 aliphatic carbocycles. The Bertz CT molecular complexity index is 519. The molecule has 0 bridgehead atoms. The van der Waals surface area contributed by atoms with Gasteiger partial charge in [-0.25, -0.2) is 8.42 Å². The van der Waals surface area contributed by atoms with Gasteiger partial charge in [0, 0.05) is 17.9 Å². The van der Waals surface area contributed by atoms with Crippen molar-refractivity contribution in [3.05, 3.63) is 33.4 Å². The van der Waals surface area contributed by atoms with Crippen molar-refractivity contribution in [3.63, 3.8) is 0 Å². The van der Waals surface area contributed by atoms with Crippen LogP contribution in [0.1, 0.15) is 11.1 Å². The second-order valence-corrected chi connectivity index (χ2v) is 5.42. The van der Waals surface area contributed by atoms with Gasteiger partial charge in [-0.05, 0) is 25.5 Å². The Hall–Kier alpha value is -1.43. The number of sulfone groups is 1. The second-order valence-electron chi connectivity index (χ2n) is 3.44. The predicted molar refractivity (Wildman–Crippen MR) is 55.7 cm³/mol. The van der Waals surface area contributed by atoms with Gasteiger partial charge in [0.15, 0.2) is 9.84 Å². The summed E-state index contributed by atoms with van der Waals surface area (Å²) in [6, 6.07) is 2.81. The summed E-state index contributed by atoms with van der Waals surface area (Å²) in [5, 5.41) is 10.7.